The van der Waals surface area contributed by atoms with Crippen molar-refractivity contribution in [2.45, 2.75) is 0 Å². The van der Waals surface area contributed by atoms with E-state index in [9.17, 15) is 0 Å². The zero-order valence-corrected chi connectivity index (χ0v) is 9.50. The second-order valence-corrected chi connectivity index (χ2v) is 3.45. The molecule has 0 saturated heterocycles. The predicted octanol–water partition coefficient (Wildman–Crippen LogP) is 1.85. The largest absolute Gasteiger partial charge is 0.367 e. The highest BCUT2D eigenvalue weighted by atomic mass is 35.5. The molecule has 0 unspecified atom stereocenters. The molecule has 0 aliphatic rings. The maximum atomic E-state index is 6.95. The summed E-state index contributed by atoms with van der Waals surface area (Å²) < 4.78 is 0. The second-order valence-electron chi connectivity index (χ2n) is 2.66. The summed E-state index contributed by atoms with van der Waals surface area (Å²) in [7, 11) is 0. The van der Waals surface area contributed by atoms with Gasteiger partial charge in [0.2, 0.25) is 5.96 Å². The van der Waals surface area contributed by atoms with Crippen LogP contribution in [0.1, 0.15) is 5.56 Å². The molecule has 7 heteroatoms. The molecule has 0 saturated carbocycles. The van der Waals surface area contributed by atoms with E-state index in [4.69, 9.17) is 41.2 Å². The van der Waals surface area contributed by atoms with Gasteiger partial charge >= 0.3 is 5.84 Å². The Kier molecular flexibility index (Phi) is 4.11. The second kappa shape index (κ2) is 5.35. The van der Waals surface area contributed by atoms with Gasteiger partial charge in [-0.1, -0.05) is 41.9 Å². The standard InChI is InChI=1S/C9H7Cl2N5/c1-14-8(15-16-9(12)13)5-3-2-4-6(10)7(5)11/h2-4H,(H4,12,13,16)/b15-8-. The summed E-state index contributed by atoms with van der Waals surface area (Å²) in [6.45, 7) is 6.95. The maximum absolute atomic E-state index is 6.95. The number of amidine groups is 1. The number of hydrogen-bond acceptors (Lipinski definition) is 2. The molecule has 4 N–H and O–H groups in total. The smallest absolute Gasteiger partial charge is 0.305 e. The summed E-state index contributed by atoms with van der Waals surface area (Å²) in [4.78, 5) is 3.17. The van der Waals surface area contributed by atoms with Crippen molar-refractivity contribution in [1.82, 2.24) is 0 Å². The molecule has 0 bridgehead atoms. The highest BCUT2D eigenvalue weighted by Crippen LogP contribution is 2.26. The molecule has 16 heavy (non-hydrogen) atoms. The summed E-state index contributed by atoms with van der Waals surface area (Å²) in [6.07, 6.45) is 0. The van der Waals surface area contributed by atoms with E-state index in [0.717, 1.165) is 0 Å². The van der Waals surface area contributed by atoms with E-state index in [1.807, 2.05) is 0 Å². The van der Waals surface area contributed by atoms with Crippen molar-refractivity contribution >= 4 is 35.0 Å². The Balaban J connectivity index is 3.26. The first kappa shape index (κ1) is 12.3. The Morgan fingerprint density at radius 3 is 2.50 bits per heavy atom. The van der Waals surface area contributed by atoms with Crippen molar-refractivity contribution < 1.29 is 0 Å². The van der Waals surface area contributed by atoms with Crippen LogP contribution >= 0.6 is 23.2 Å². The number of halogens is 2. The molecule has 0 aliphatic heterocycles. The highest BCUT2D eigenvalue weighted by molar-refractivity contribution is 6.44. The van der Waals surface area contributed by atoms with Gasteiger partial charge in [-0.3, -0.25) is 0 Å². The van der Waals surface area contributed by atoms with Crippen LogP contribution in [0.2, 0.25) is 10.0 Å². The van der Waals surface area contributed by atoms with Gasteiger partial charge in [-0.05, 0) is 11.2 Å². The van der Waals surface area contributed by atoms with E-state index in [2.05, 4.69) is 15.0 Å². The fraction of sp³-hybridized carbons (Fsp3) is 0. The molecule has 0 fully saturated rings. The summed E-state index contributed by atoms with van der Waals surface area (Å²) in [5, 5.41) is 7.53. The molecule has 0 atom stereocenters. The first-order chi connectivity index (χ1) is 7.56. The van der Waals surface area contributed by atoms with Gasteiger partial charge in [0.25, 0.3) is 0 Å². The van der Waals surface area contributed by atoms with Crippen LogP contribution in [0.4, 0.5) is 0 Å². The molecule has 1 aromatic carbocycles. The fourth-order valence-electron chi connectivity index (χ4n) is 0.918. The molecule has 0 heterocycles. The Labute approximate surface area is 102 Å². The molecular weight excluding hydrogens is 249 g/mol. The normalized spacial score (nSPS) is 10.7. The van der Waals surface area contributed by atoms with Gasteiger partial charge in [-0.2, -0.15) is 0 Å². The fourth-order valence-corrected chi connectivity index (χ4v) is 1.30. The van der Waals surface area contributed by atoms with Crippen LogP contribution in [0.15, 0.2) is 28.4 Å². The maximum Gasteiger partial charge on any atom is 0.305 e. The minimum absolute atomic E-state index is 0.0269. The van der Waals surface area contributed by atoms with Crippen molar-refractivity contribution in [3.8, 4) is 0 Å². The van der Waals surface area contributed by atoms with Gasteiger partial charge < -0.3 is 16.3 Å². The first-order valence-corrected chi connectivity index (χ1v) is 4.80. The van der Waals surface area contributed by atoms with E-state index >= 15 is 0 Å². The lowest BCUT2D eigenvalue weighted by atomic mass is 10.2. The van der Waals surface area contributed by atoms with E-state index in [1.54, 1.807) is 18.2 Å². The molecule has 0 radical (unpaired) electrons. The lowest BCUT2D eigenvalue weighted by Crippen LogP contribution is -2.22. The van der Waals surface area contributed by atoms with Crippen LogP contribution in [0, 0.1) is 6.57 Å². The molecule has 1 rings (SSSR count). The van der Waals surface area contributed by atoms with Gasteiger partial charge in [0.1, 0.15) is 0 Å². The SMILES string of the molecule is [C-]#[N+]/C(=N\N=C(N)N)c1cccc(Cl)c1Cl. The number of rotatable bonds is 2. The van der Waals surface area contributed by atoms with Crippen LogP contribution in [0.25, 0.3) is 4.85 Å². The lowest BCUT2D eigenvalue weighted by Gasteiger charge is -2.01. The van der Waals surface area contributed by atoms with Gasteiger partial charge in [-0.15, -0.1) is 0 Å². The average molecular weight is 256 g/mol. The van der Waals surface area contributed by atoms with E-state index in [-0.39, 0.29) is 16.8 Å². The van der Waals surface area contributed by atoms with E-state index in [1.165, 1.54) is 0 Å². The highest BCUT2D eigenvalue weighted by Gasteiger charge is 2.10. The topological polar surface area (TPSA) is 81.1 Å². The van der Waals surface area contributed by atoms with Crippen LogP contribution in [-0.4, -0.2) is 11.8 Å². The van der Waals surface area contributed by atoms with Gasteiger partial charge in [0, 0.05) is 10.7 Å². The molecule has 5 nitrogen and oxygen atoms in total. The molecule has 1 aromatic rings. The minimum atomic E-state index is -0.237. The Morgan fingerprint density at radius 1 is 1.25 bits per heavy atom. The van der Waals surface area contributed by atoms with Gasteiger partial charge in [-0.25, -0.2) is 0 Å². The van der Waals surface area contributed by atoms with Gasteiger partial charge in [0.05, 0.1) is 10.0 Å². The van der Waals surface area contributed by atoms with Crippen molar-refractivity contribution in [3.05, 3.63) is 45.2 Å². The molecular formula is C9H7Cl2N5. The number of hydrogen-bond donors (Lipinski definition) is 2. The third-order valence-electron chi connectivity index (χ3n) is 1.56. The zero-order valence-electron chi connectivity index (χ0n) is 7.98. The predicted molar refractivity (Wildman–Crippen MR) is 65.4 cm³/mol. The van der Waals surface area contributed by atoms with Crippen LogP contribution in [0.5, 0.6) is 0 Å². The minimum Gasteiger partial charge on any atom is -0.367 e. The third kappa shape index (κ3) is 2.86. The molecule has 0 amide bonds. The Bertz CT molecular complexity index is 497. The number of guanidine groups is 1. The van der Waals surface area contributed by atoms with Crippen LogP contribution in [0.3, 0.4) is 0 Å². The van der Waals surface area contributed by atoms with Crippen molar-refractivity contribution in [2.24, 2.45) is 21.7 Å². The zero-order chi connectivity index (χ0) is 12.1. The summed E-state index contributed by atoms with van der Waals surface area (Å²) in [5.41, 5.74) is 10.6. The van der Waals surface area contributed by atoms with Gasteiger partial charge in [0.15, 0.2) is 0 Å². The van der Waals surface area contributed by atoms with E-state index < -0.39 is 0 Å². The number of nitrogens with two attached hydrogens (primary N) is 2. The molecule has 0 spiro atoms. The Hall–Kier alpha value is -1.77. The average Bonchev–Trinajstić information content (AvgIpc) is 2.24. The molecule has 0 aromatic heterocycles. The van der Waals surface area contributed by atoms with Crippen LogP contribution in [-0.2, 0) is 0 Å². The summed E-state index contributed by atoms with van der Waals surface area (Å²) >= 11 is 11.7. The van der Waals surface area contributed by atoms with Crippen molar-refractivity contribution in [1.29, 1.82) is 0 Å². The summed E-state index contributed by atoms with van der Waals surface area (Å²) in [6, 6.07) is 4.86. The van der Waals surface area contributed by atoms with Crippen molar-refractivity contribution in [3.63, 3.8) is 0 Å². The monoisotopic (exact) mass is 255 g/mol. The number of benzene rings is 1. The third-order valence-corrected chi connectivity index (χ3v) is 2.38. The summed E-state index contributed by atoms with van der Waals surface area (Å²) in [5.74, 6) is -0.264. The quantitative estimate of drug-likeness (QED) is 0.366. The number of nitrogens with zero attached hydrogens (tertiary/aromatic N) is 3. The molecule has 0 aliphatic carbocycles. The van der Waals surface area contributed by atoms with E-state index in [0.29, 0.717) is 10.6 Å². The lowest BCUT2D eigenvalue weighted by molar-refractivity contribution is 1.20. The van der Waals surface area contributed by atoms with Crippen LogP contribution < -0.4 is 11.5 Å². The molecule has 82 valence electrons. The Morgan fingerprint density at radius 2 is 1.94 bits per heavy atom. The van der Waals surface area contributed by atoms with Crippen molar-refractivity contribution in [2.75, 3.05) is 0 Å². The first-order valence-electron chi connectivity index (χ1n) is 4.04.